The molecule has 0 saturated carbocycles. The van der Waals surface area contributed by atoms with Crippen molar-refractivity contribution in [3.63, 3.8) is 0 Å². The Morgan fingerprint density at radius 3 is 2.43 bits per heavy atom. The summed E-state index contributed by atoms with van der Waals surface area (Å²) in [5.41, 5.74) is -0.283. The number of rotatable bonds is 7. The number of aliphatic hydroxyl groups is 1. The van der Waals surface area contributed by atoms with Crippen molar-refractivity contribution in [2.24, 2.45) is 0 Å². The Morgan fingerprint density at radius 2 is 2.00 bits per heavy atom. The van der Waals surface area contributed by atoms with Gasteiger partial charge in [0.1, 0.15) is 0 Å². The molecule has 0 heterocycles. The van der Waals surface area contributed by atoms with Gasteiger partial charge in [0.15, 0.2) is 0 Å². The molecule has 0 aliphatic rings. The first-order chi connectivity index (χ1) is 6.46. The molecule has 0 aliphatic carbocycles. The van der Waals surface area contributed by atoms with Crippen LogP contribution in [0.5, 0.6) is 0 Å². The maximum Gasteiger partial charge on any atom is 0.0946 e. The van der Waals surface area contributed by atoms with Crippen LogP contribution in [0.1, 0.15) is 33.6 Å². The minimum atomic E-state index is -0.351. The van der Waals surface area contributed by atoms with Crippen LogP contribution in [0.25, 0.3) is 0 Å². The third-order valence-corrected chi connectivity index (χ3v) is 2.88. The quantitative estimate of drug-likeness (QED) is 0.486. The van der Waals surface area contributed by atoms with Crippen LogP contribution in [0, 0.1) is 0 Å². The summed E-state index contributed by atoms with van der Waals surface area (Å²) in [6.07, 6.45) is 1.41. The summed E-state index contributed by atoms with van der Waals surface area (Å²) in [5, 5.41) is 18.1. The fourth-order valence-corrected chi connectivity index (χ4v) is 1.35. The summed E-state index contributed by atoms with van der Waals surface area (Å²) < 4.78 is 0. The van der Waals surface area contributed by atoms with Gasteiger partial charge in [-0.3, -0.25) is 10.2 Å². The van der Waals surface area contributed by atoms with Crippen molar-refractivity contribution in [2.75, 3.05) is 20.2 Å². The first kappa shape index (κ1) is 13.8. The van der Waals surface area contributed by atoms with E-state index in [1.165, 1.54) is 0 Å². The van der Waals surface area contributed by atoms with Gasteiger partial charge in [-0.1, -0.05) is 13.3 Å². The summed E-state index contributed by atoms with van der Waals surface area (Å²) in [6.45, 7) is 6.90. The highest BCUT2D eigenvalue weighted by atomic mass is 17.1. The average Bonchev–Trinajstić information content (AvgIpc) is 2.14. The minimum absolute atomic E-state index is 0.263. The first-order valence-electron chi connectivity index (χ1n) is 5.12. The van der Waals surface area contributed by atoms with Gasteiger partial charge in [-0.2, -0.15) is 0 Å². The SMILES string of the molecule is CCCC(O)C(C)(C)N(C)CCOO. The molecule has 0 aromatic rings. The van der Waals surface area contributed by atoms with Gasteiger partial charge in [0, 0.05) is 12.1 Å². The van der Waals surface area contributed by atoms with Crippen molar-refractivity contribution in [1.29, 1.82) is 0 Å². The minimum Gasteiger partial charge on any atom is -0.391 e. The van der Waals surface area contributed by atoms with E-state index < -0.39 is 0 Å². The molecule has 4 nitrogen and oxygen atoms in total. The van der Waals surface area contributed by atoms with Gasteiger partial charge in [0.2, 0.25) is 0 Å². The highest BCUT2D eigenvalue weighted by Crippen LogP contribution is 2.20. The number of hydrogen-bond acceptors (Lipinski definition) is 4. The molecule has 0 aromatic heterocycles. The maximum absolute atomic E-state index is 9.90. The van der Waals surface area contributed by atoms with Crippen LogP contribution in [0.15, 0.2) is 0 Å². The number of aliphatic hydroxyl groups excluding tert-OH is 1. The molecule has 1 unspecified atom stereocenters. The molecule has 1 atom stereocenters. The molecule has 0 radical (unpaired) electrons. The summed E-state index contributed by atoms with van der Waals surface area (Å²) in [4.78, 5) is 6.01. The molecule has 2 N–H and O–H groups in total. The van der Waals surface area contributed by atoms with Crippen LogP contribution in [-0.2, 0) is 4.89 Å². The fraction of sp³-hybridized carbons (Fsp3) is 1.00. The Kier molecular flexibility index (Phi) is 6.27. The summed E-state index contributed by atoms with van der Waals surface area (Å²) >= 11 is 0. The lowest BCUT2D eigenvalue weighted by Crippen LogP contribution is -2.51. The van der Waals surface area contributed by atoms with Crippen LogP contribution in [0.2, 0.25) is 0 Å². The van der Waals surface area contributed by atoms with E-state index in [9.17, 15) is 5.11 Å². The largest absolute Gasteiger partial charge is 0.391 e. The van der Waals surface area contributed by atoms with E-state index in [1.54, 1.807) is 0 Å². The van der Waals surface area contributed by atoms with Crippen LogP contribution >= 0.6 is 0 Å². The van der Waals surface area contributed by atoms with Crippen molar-refractivity contribution in [1.82, 2.24) is 4.90 Å². The van der Waals surface area contributed by atoms with E-state index >= 15 is 0 Å². The Morgan fingerprint density at radius 1 is 1.43 bits per heavy atom. The highest BCUT2D eigenvalue weighted by molar-refractivity contribution is 4.86. The summed E-state index contributed by atoms with van der Waals surface area (Å²) in [5.74, 6) is 0. The van der Waals surface area contributed by atoms with Gasteiger partial charge >= 0.3 is 0 Å². The van der Waals surface area contributed by atoms with Gasteiger partial charge in [-0.05, 0) is 27.3 Å². The van der Waals surface area contributed by atoms with E-state index in [2.05, 4.69) is 11.8 Å². The Balaban J connectivity index is 4.12. The molecular formula is C10H23NO3. The molecule has 0 bridgehead atoms. The maximum atomic E-state index is 9.90. The monoisotopic (exact) mass is 205 g/mol. The van der Waals surface area contributed by atoms with E-state index in [0.717, 1.165) is 12.8 Å². The molecule has 0 saturated heterocycles. The summed E-state index contributed by atoms with van der Waals surface area (Å²) in [7, 11) is 1.91. The van der Waals surface area contributed by atoms with Crippen LogP contribution in [0.4, 0.5) is 0 Å². The number of hydrogen-bond donors (Lipinski definition) is 2. The number of likely N-dealkylation sites (N-methyl/N-ethyl adjacent to an activating group) is 1. The van der Waals surface area contributed by atoms with Crippen LogP contribution in [0.3, 0.4) is 0 Å². The highest BCUT2D eigenvalue weighted by Gasteiger charge is 2.30. The fourth-order valence-electron chi connectivity index (χ4n) is 1.35. The third-order valence-electron chi connectivity index (χ3n) is 2.88. The second kappa shape index (κ2) is 6.35. The molecule has 4 heteroatoms. The Hall–Kier alpha value is -0.160. The zero-order valence-corrected chi connectivity index (χ0v) is 9.66. The first-order valence-corrected chi connectivity index (χ1v) is 5.12. The standard InChI is InChI=1S/C10H23NO3/c1-5-6-9(12)10(2,3)11(4)7-8-14-13/h9,12-13H,5-8H2,1-4H3. The zero-order chi connectivity index (χ0) is 11.2. The second-order valence-corrected chi connectivity index (χ2v) is 4.21. The zero-order valence-electron chi connectivity index (χ0n) is 9.66. The smallest absolute Gasteiger partial charge is 0.0946 e. The van der Waals surface area contributed by atoms with Crippen molar-refractivity contribution in [3.05, 3.63) is 0 Å². The van der Waals surface area contributed by atoms with E-state index in [-0.39, 0.29) is 18.2 Å². The molecular weight excluding hydrogens is 182 g/mol. The molecule has 0 fully saturated rings. The lowest BCUT2D eigenvalue weighted by molar-refractivity contribution is -0.245. The van der Waals surface area contributed by atoms with Gasteiger partial charge in [0.25, 0.3) is 0 Å². The third kappa shape index (κ3) is 3.92. The molecule has 0 aliphatic heterocycles. The number of nitrogens with zero attached hydrogens (tertiary/aromatic N) is 1. The van der Waals surface area contributed by atoms with Crippen molar-refractivity contribution in [3.8, 4) is 0 Å². The van der Waals surface area contributed by atoms with Crippen molar-refractivity contribution >= 4 is 0 Å². The van der Waals surface area contributed by atoms with E-state index in [0.29, 0.717) is 6.54 Å². The normalized spacial score (nSPS) is 14.8. The molecule has 0 rings (SSSR count). The predicted octanol–water partition coefficient (Wildman–Crippen LogP) is 1.35. The molecule has 0 amide bonds. The van der Waals surface area contributed by atoms with Gasteiger partial charge < -0.3 is 5.11 Å². The van der Waals surface area contributed by atoms with Crippen molar-refractivity contribution < 1.29 is 15.3 Å². The van der Waals surface area contributed by atoms with Gasteiger partial charge in [-0.15, -0.1) is 0 Å². The van der Waals surface area contributed by atoms with Crippen LogP contribution < -0.4 is 0 Å². The van der Waals surface area contributed by atoms with E-state index in [4.69, 9.17) is 5.26 Å². The topological polar surface area (TPSA) is 52.9 Å². The lowest BCUT2D eigenvalue weighted by Gasteiger charge is -2.39. The average molecular weight is 205 g/mol. The van der Waals surface area contributed by atoms with Crippen LogP contribution in [-0.4, -0.2) is 47.1 Å². The van der Waals surface area contributed by atoms with Crippen molar-refractivity contribution in [2.45, 2.75) is 45.3 Å². The second-order valence-electron chi connectivity index (χ2n) is 4.21. The predicted molar refractivity (Wildman–Crippen MR) is 56.2 cm³/mol. The van der Waals surface area contributed by atoms with E-state index in [1.807, 2.05) is 25.8 Å². The molecule has 0 aromatic carbocycles. The summed E-state index contributed by atoms with van der Waals surface area (Å²) in [6, 6.07) is 0. The molecule has 14 heavy (non-hydrogen) atoms. The Labute approximate surface area is 86.4 Å². The Bertz CT molecular complexity index is 150. The molecule has 0 spiro atoms. The molecule has 86 valence electrons. The van der Waals surface area contributed by atoms with Gasteiger partial charge in [-0.25, -0.2) is 4.89 Å². The van der Waals surface area contributed by atoms with Gasteiger partial charge in [0.05, 0.1) is 12.7 Å². The lowest BCUT2D eigenvalue weighted by atomic mass is 9.92.